The highest BCUT2D eigenvalue weighted by Gasteiger charge is 2.36. The lowest BCUT2D eigenvalue weighted by Crippen LogP contribution is -2.19. The van der Waals surface area contributed by atoms with E-state index in [1.807, 2.05) is 19.1 Å². The Morgan fingerprint density at radius 3 is 2.69 bits per heavy atom. The van der Waals surface area contributed by atoms with Gasteiger partial charge in [0.1, 0.15) is 0 Å². The minimum atomic E-state index is -2.84. The number of unbranched alkanes of at least 4 members (excludes halogenated alkanes) is 3. The van der Waals surface area contributed by atoms with Crippen molar-refractivity contribution in [1.82, 2.24) is 0 Å². The zero-order chi connectivity index (χ0) is 19.6. The molecule has 3 nitrogen and oxygen atoms in total. The third-order valence-corrected chi connectivity index (χ3v) is 4.90. The first-order valence-electron chi connectivity index (χ1n) is 9.56. The summed E-state index contributed by atoms with van der Waals surface area (Å²) in [6, 6.07) is 0. The molecule has 0 unspecified atom stereocenters. The van der Waals surface area contributed by atoms with E-state index in [9.17, 15) is 18.7 Å². The first-order valence-corrected chi connectivity index (χ1v) is 9.56. The molecule has 1 fully saturated rings. The van der Waals surface area contributed by atoms with Crippen LogP contribution in [-0.4, -0.2) is 28.2 Å². The number of carboxylic acids is 1. The summed E-state index contributed by atoms with van der Waals surface area (Å²) in [5.74, 6) is -4.04. The molecule has 0 aliphatic heterocycles. The molecule has 2 N–H and O–H groups in total. The van der Waals surface area contributed by atoms with Gasteiger partial charge in [-0.2, -0.15) is 0 Å². The largest absolute Gasteiger partial charge is 0.481 e. The van der Waals surface area contributed by atoms with E-state index in [1.54, 1.807) is 0 Å². The maximum Gasteiger partial charge on any atom is 0.303 e. The molecule has 0 amide bonds. The highest BCUT2D eigenvalue weighted by atomic mass is 19.3. The van der Waals surface area contributed by atoms with Crippen LogP contribution >= 0.6 is 0 Å². The quantitative estimate of drug-likeness (QED) is 0.352. The molecule has 1 rings (SSSR count). The van der Waals surface area contributed by atoms with Crippen LogP contribution < -0.4 is 0 Å². The van der Waals surface area contributed by atoms with Crippen LogP contribution in [0.3, 0.4) is 0 Å². The predicted octanol–water partition coefficient (Wildman–Crippen LogP) is 5.51. The standard InChI is InChI=1S/C21H32F2O3/c1-3-4-9-13-21(22,23)14-12-18-17(16(2)15-19(18)24)10-7-5-6-8-11-20(25)26/h5,7,12,14,17-19,24H,2-4,6,8-11,13,15H2,1H3,(H,25,26)/b7-5?,14-12+/t17-,18+,19+/m0/s1. The summed E-state index contributed by atoms with van der Waals surface area (Å²) < 4.78 is 27.9. The fraction of sp³-hybridized carbons (Fsp3) is 0.667. The van der Waals surface area contributed by atoms with Gasteiger partial charge in [0.05, 0.1) is 6.10 Å². The van der Waals surface area contributed by atoms with Crippen LogP contribution in [0.15, 0.2) is 36.5 Å². The number of carbonyl (C=O) groups is 1. The van der Waals surface area contributed by atoms with Crippen molar-refractivity contribution < 1.29 is 23.8 Å². The number of halogens is 2. The Labute approximate surface area is 155 Å². The number of alkyl halides is 2. The summed E-state index contributed by atoms with van der Waals surface area (Å²) in [4.78, 5) is 10.5. The summed E-state index contributed by atoms with van der Waals surface area (Å²) in [5, 5.41) is 18.8. The van der Waals surface area contributed by atoms with E-state index in [4.69, 9.17) is 5.11 Å². The predicted molar refractivity (Wildman–Crippen MR) is 100 cm³/mol. The normalized spacial score (nSPS) is 24.2. The SMILES string of the molecule is C=C1C[C@@H](O)[C@H](/C=C/C(F)(F)CCCCC)[C@H]1CC=CCCCC(=O)O. The molecule has 0 aromatic heterocycles. The molecule has 0 saturated heterocycles. The van der Waals surface area contributed by atoms with E-state index in [-0.39, 0.29) is 24.7 Å². The lowest BCUT2D eigenvalue weighted by molar-refractivity contribution is -0.137. The van der Waals surface area contributed by atoms with Gasteiger partial charge < -0.3 is 10.2 Å². The molecule has 5 heteroatoms. The second-order valence-corrected chi connectivity index (χ2v) is 7.18. The van der Waals surface area contributed by atoms with Gasteiger partial charge in [-0.3, -0.25) is 4.79 Å². The molecule has 0 spiro atoms. The first kappa shape index (κ1) is 22.6. The van der Waals surface area contributed by atoms with Crippen molar-refractivity contribution in [3.8, 4) is 0 Å². The van der Waals surface area contributed by atoms with Gasteiger partial charge in [0.25, 0.3) is 5.92 Å². The van der Waals surface area contributed by atoms with Crippen LogP contribution in [0.25, 0.3) is 0 Å². The Morgan fingerprint density at radius 2 is 2.04 bits per heavy atom. The molecular weight excluding hydrogens is 338 g/mol. The number of carboxylic acid groups (broad SMARTS) is 1. The van der Waals surface area contributed by atoms with Gasteiger partial charge in [0, 0.05) is 18.8 Å². The van der Waals surface area contributed by atoms with Crippen molar-refractivity contribution in [2.24, 2.45) is 11.8 Å². The van der Waals surface area contributed by atoms with Crippen LogP contribution in [0.2, 0.25) is 0 Å². The molecular formula is C21H32F2O3. The van der Waals surface area contributed by atoms with Gasteiger partial charge in [-0.05, 0) is 44.1 Å². The molecule has 26 heavy (non-hydrogen) atoms. The molecule has 3 atom stereocenters. The summed E-state index contributed by atoms with van der Waals surface area (Å²) in [5.41, 5.74) is 0.886. The van der Waals surface area contributed by atoms with Gasteiger partial charge in [-0.1, -0.05) is 50.1 Å². The van der Waals surface area contributed by atoms with Crippen LogP contribution in [0.1, 0.15) is 64.7 Å². The number of hydrogen-bond donors (Lipinski definition) is 2. The lowest BCUT2D eigenvalue weighted by Gasteiger charge is -2.19. The van der Waals surface area contributed by atoms with Crippen LogP contribution in [0.4, 0.5) is 8.78 Å². The van der Waals surface area contributed by atoms with Crippen molar-refractivity contribution in [1.29, 1.82) is 0 Å². The van der Waals surface area contributed by atoms with Crippen LogP contribution in [-0.2, 0) is 4.79 Å². The van der Waals surface area contributed by atoms with E-state index in [1.165, 1.54) is 6.08 Å². The number of allylic oxidation sites excluding steroid dienone is 3. The number of rotatable bonds is 12. The molecule has 0 heterocycles. The second kappa shape index (κ2) is 11.3. The molecule has 1 aliphatic carbocycles. The zero-order valence-corrected chi connectivity index (χ0v) is 15.7. The molecule has 1 saturated carbocycles. The maximum atomic E-state index is 14.0. The Balaban J connectivity index is 2.58. The highest BCUT2D eigenvalue weighted by Crippen LogP contribution is 2.40. The minimum Gasteiger partial charge on any atom is -0.481 e. The number of aliphatic carboxylic acids is 1. The first-order chi connectivity index (χ1) is 12.3. The van der Waals surface area contributed by atoms with Crippen LogP contribution in [0, 0.1) is 11.8 Å². The van der Waals surface area contributed by atoms with E-state index in [2.05, 4.69) is 6.58 Å². The summed E-state index contributed by atoms with van der Waals surface area (Å²) in [7, 11) is 0. The minimum absolute atomic E-state index is 0.0524. The smallest absolute Gasteiger partial charge is 0.303 e. The zero-order valence-electron chi connectivity index (χ0n) is 15.7. The number of aliphatic hydroxyl groups is 1. The Morgan fingerprint density at radius 1 is 1.31 bits per heavy atom. The molecule has 0 bridgehead atoms. The van der Waals surface area contributed by atoms with Gasteiger partial charge in [0.2, 0.25) is 0 Å². The summed E-state index contributed by atoms with van der Waals surface area (Å²) in [6.45, 7) is 5.97. The van der Waals surface area contributed by atoms with Gasteiger partial charge >= 0.3 is 5.97 Å². The van der Waals surface area contributed by atoms with E-state index >= 15 is 0 Å². The highest BCUT2D eigenvalue weighted by molar-refractivity contribution is 5.66. The lowest BCUT2D eigenvalue weighted by atomic mass is 9.89. The van der Waals surface area contributed by atoms with Crippen molar-refractivity contribution in [3.63, 3.8) is 0 Å². The molecule has 0 radical (unpaired) electrons. The van der Waals surface area contributed by atoms with Crippen molar-refractivity contribution >= 4 is 5.97 Å². The number of aliphatic hydroxyl groups excluding tert-OH is 1. The van der Waals surface area contributed by atoms with Gasteiger partial charge in [-0.15, -0.1) is 0 Å². The van der Waals surface area contributed by atoms with E-state index in [0.717, 1.165) is 24.5 Å². The van der Waals surface area contributed by atoms with E-state index in [0.29, 0.717) is 32.1 Å². The fourth-order valence-electron chi connectivity index (χ4n) is 3.36. The van der Waals surface area contributed by atoms with Crippen LogP contribution in [0.5, 0.6) is 0 Å². The topological polar surface area (TPSA) is 57.5 Å². The average molecular weight is 370 g/mol. The number of hydrogen-bond acceptors (Lipinski definition) is 2. The molecule has 148 valence electrons. The summed E-state index contributed by atoms with van der Waals surface area (Å²) in [6.07, 6.45) is 10.1. The fourth-order valence-corrected chi connectivity index (χ4v) is 3.36. The average Bonchev–Trinajstić information content (AvgIpc) is 2.82. The van der Waals surface area contributed by atoms with E-state index < -0.39 is 18.0 Å². The van der Waals surface area contributed by atoms with Crippen molar-refractivity contribution in [2.75, 3.05) is 0 Å². The molecule has 0 aromatic carbocycles. The Bertz CT molecular complexity index is 511. The van der Waals surface area contributed by atoms with Crippen molar-refractivity contribution in [3.05, 3.63) is 36.5 Å². The van der Waals surface area contributed by atoms with Gasteiger partial charge in [-0.25, -0.2) is 8.78 Å². The summed E-state index contributed by atoms with van der Waals surface area (Å²) >= 11 is 0. The molecule has 0 aromatic rings. The van der Waals surface area contributed by atoms with Crippen molar-refractivity contribution in [2.45, 2.75) is 76.7 Å². The third-order valence-electron chi connectivity index (χ3n) is 4.90. The Hall–Kier alpha value is -1.49. The van der Waals surface area contributed by atoms with Gasteiger partial charge in [0.15, 0.2) is 0 Å². The molecule has 1 aliphatic rings. The third kappa shape index (κ3) is 8.26. The monoisotopic (exact) mass is 370 g/mol. The maximum absolute atomic E-state index is 14.0. The second-order valence-electron chi connectivity index (χ2n) is 7.18. The Kier molecular flexibility index (Phi) is 9.78.